The van der Waals surface area contributed by atoms with Crippen LogP contribution < -0.4 is 5.56 Å². The standard InChI is InChI=1S/C16H17N3O2S/c1-11(12-6-4-3-5-7-12)18(2)14(20)13-10-17-16-19(15(13)21)8-9-22-16/h3-7,10-11H,8-9H2,1-2H3/t11-/m1/s1. The van der Waals surface area contributed by atoms with Crippen LogP contribution in [0.25, 0.3) is 0 Å². The van der Waals surface area contributed by atoms with Gasteiger partial charge in [0, 0.05) is 25.5 Å². The van der Waals surface area contributed by atoms with Gasteiger partial charge in [0.15, 0.2) is 5.16 Å². The van der Waals surface area contributed by atoms with Crippen LogP contribution in [-0.2, 0) is 6.54 Å². The Morgan fingerprint density at radius 1 is 1.36 bits per heavy atom. The molecule has 6 heteroatoms. The molecule has 0 unspecified atom stereocenters. The molecule has 1 aliphatic rings. The first kappa shape index (κ1) is 14.8. The molecule has 1 aliphatic heterocycles. The molecule has 0 saturated carbocycles. The van der Waals surface area contributed by atoms with E-state index in [1.807, 2.05) is 37.3 Å². The molecule has 0 N–H and O–H groups in total. The normalized spacial score (nSPS) is 14.5. The van der Waals surface area contributed by atoms with Crippen LogP contribution in [0, 0.1) is 0 Å². The number of hydrogen-bond donors (Lipinski definition) is 0. The van der Waals surface area contributed by atoms with Crippen molar-refractivity contribution in [1.29, 1.82) is 0 Å². The van der Waals surface area contributed by atoms with Gasteiger partial charge in [-0.25, -0.2) is 4.98 Å². The van der Waals surface area contributed by atoms with Gasteiger partial charge in [0.05, 0.1) is 6.04 Å². The lowest BCUT2D eigenvalue weighted by atomic mass is 10.1. The summed E-state index contributed by atoms with van der Waals surface area (Å²) in [6.45, 7) is 2.56. The second-order valence-corrected chi connectivity index (χ2v) is 6.32. The van der Waals surface area contributed by atoms with Crippen molar-refractivity contribution in [2.24, 2.45) is 0 Å². The number of benzene rings is 1. The molecular formula is C16H17N3O2S. The average molecular weight is 315 g/mol. The van der Waals surface area contributed by atoms with Gasteiger partial charge >= 0.3 is 0 Å². The number of thioether (sulfide) groups is 1. The molecule has 114 valence electrons. The van der Waals surface area contributed by atoms with Crippen molar-refractivity contribution in [3.05, 3.63) is 58.0 Å². The summed E-state index contributed by atoms with van der Waals surface area (Å²) in [7, 11) is 1.71. The van der Waals surface area contributed by atoms with Crippen molar-refractivity contribution in [3.63, 3.8) is 0 Å². The second kappa shape index (κ2) is 5.96. The number of rotatable bonds is 3. The second-order valence-electron chi connectivity index (χ2n) is 5.26. The van der Waals surface area contributed by atoms with Crippen LogP contribution >= 0.6 is 11.8 Å². The molecule has 2 heterocycles. The fraction of sp³-hybridized carbons (Fsp3) is 0.312. The van der Waals surface area contributed by atoms with Gasteiger partial charge in [0.2, 0.25) is 0 Å². The summed E-state index contributed by atoms with van der Waals surface area (Å²) in [5.74, 6) is 0.539. The molecule has 0 spiro atoms. The lowest BCUT2D eigenvalue weighted by Gasteiger charge is -2.25. The Kier molecular flexibility index (Phi) is 4.02. The Morgan fingerprint density at radius 3 is 2.82 bits per heavy atom. The number of aromatic nitrogens is 2. The third-order valence-electron chi connectivity index (χ3n) is 3.97. The Morgan fingerprint density at radius 2 is 2.09 bits per heavy atom. The minimum absolute atomic E-state index is 0.110. The van der Waals surface area contributed by atoms with Crippen molar-refractivity contribution >= 4 is 17.7 Å². The molecule has 1 aromatic heterocycles. The zero-order valence-corrected chi connectivity index (χ0v) is 13.3. The quantitative estimate of drug-likeness (QED) is 0.815. The van der Waals surface area contributed by atoms with Crippen LogP contribution in [0.15, 0.2) is 46.5 Å². The van der Waals surface area contributed by atoms with Crippen molar-refractivity contribution in [2.45, 2.75) is 24.7 Å². The number of fused-ring (bicyclic) bond motifs is 1. The molecule has 0 fully saturated rings. The van der Waals surface area contributed by atoms with Crippen LogP contribution in [0.1, 0.15) is 28.9 Å². The van der Waals surface area contributed by atoms with E-state index in [1.54, 1.807) is 28.3 Å². The number of carbonyl (C=O) groups excluding carboxylic acids is 1. The smallest absolute Gasteiger partial charge is 0.267 e. The van der Waals surface area contributed by atoms with E-state index < -0.39 is 0 Å². The topological polar surface area (TPSA) is 55.2 Å². The highest BCUT2D eigenvalue weighted by Crippen LogP contribution is 2.22. The zero-order valence-electron chi connectivity index (χ0n) is 12.5. The summed E-state index contributed by atoms with van der Waals surface area (Å²) in [6.07, 6.45) is 1.41. The van der Waals surface area contributed by atoms with E-state index in [9.17, 15) is 9.59 Å². The number of amides is 1. The van der Waals surface area contributed by atoms with E-state index in [-0.39, 0.29) is 23.1 Å². The van der Waals surface area contributed by atoms with E-state index in [1.165, 1.54) is 6.20 Å². The minimum atomic E-state index is -0.291. The van der Waals surface area contributed by atoms with Gasteiger partial charge in [-0.2, -0.15) is 0 Å². The first-order valence-electron chi connectivity index (χ1n) is 7.14. The molecule has 1 amide bonds. The van der Waals surface area contributed by atoms with Crippen LogP contribution in [-0.4, -0.2) is 33.2 Å². The maximum absolute atomic E-state index is 12.6. The van der Waals surface area contributed by atoms with Crippen molar-refractivity contribution in [3.8, 4) is 0 Å². The predicted molar refractivity (Wildman–Crippen MR) is 86.2 cm³/mol. The highest BCUT2D eigenvalue weighted by Gasteiger charge is 2.24. The lowest BCUT2D eigenvalue weighted by Crippen LogP contribution is -2.36. The van der Waals surface area contributed by atoms with Gasteiger partial charge < -0.3 is 4.90 Å². The molecule has 0 aliphatic carbocycles. The van der Waals surface area contributed by atoms with E-state index in [0.717, 1.165) is 11.3 Å². The van der Waals surface area contributed by atoms with Gasteiger partial charge in [0.25, 0.3) is 11.5 Å². The third-order valence-corrected chi connectivity index (χ3v) is 4.94. The van der Waals surface area contributed by atoms with E-state index in [4.69, 9.17) is 0 Å². The van der Waals surface area contributed by atoms with Gasteiger partial charge in [-0.15, -0.1) is 0 Å². The van der Waals surface area contributed by atoms with E-state index >= 15 is 0 Å². The molecular weight excluding hydrogens is 298 g/mol. The Bertz CT molecular complexity index is 758. The highest BCUT2D eigenvalue weighted by atomic mass is 32.2. The zero-order chi connectivity index (χ0) is 15.7. The fourth-order valence-electron chi connectivity index (χ4n) is 2.49. The van der Waals surface area contributed by atoms with E-state index in [2.05, 4.69) is 4.98 Å². The van der Waals surface area contributed by atoms with Gasteiger partial charge in [-0.1, -0.05) is 42.1 Å². The molecule has 22 heavy (non-hydrogen) atoms. The third kappa shape index (κ3) is 2.54. The molecule has 5 nitrogen and oxygen atoms in total. The number of carbonyl (C=O) groups is 1. The Balaban J connectivity index is 1.90. The van der Waals surface area contributed by atoms with Crippen molar-refractivity contribution in [2.75, 3.05) is 12.8 Å². The summed E-state index contributed by atoms with van der Waals surface area (Å²) in [6, 6.07) is 9.64. The van der Waals surface area contributed by atoms with Gasteiger partial charge in [0.1, 0.15) is 5.56 Å². The van der Waals surface area contributed by atoms with Crippen molar-refractivity contribution < 1.29 is 4.79 Å². The lowest BCUT2D eigenvalue weighted by molar-refractivity contribution is 0.0739. The number of hydrogen-bond acceptors (Lipinski definition) is 4. The maximum atomic E-state index is 12.6. The minimum Gasteiger partial charge on any atom is -0.335 e. The Hall–Kier alpha value is -2.08. The monoisotopic (exact) mass is 315 g/mol. The van der Waals surface area contributed by atoms with Gasteiger partial charge in [-0.3, -0.25) is 14.2 Å². The van der Waals surface area contributed by atoms with Crippen molar-refractivity contribution in [1.82, 2.24) is 14.5 Å². The molecule has 2 aromatic rings. The molecule has 3 rings (SSSR count). The SMILES string of the molecule is C[C@H](c1ccccc1)N(C)C(=O)c1cnc2n(c1=O)CCS2. The molecule has 1 atom stereocenters. The summed E-state index contributed by atoms with van der Waals surface area (Å²) < 4.78 is 1.58. The van der Waals surface area contributed by atoms with E-state index in [0.29, 0.717) is 11.7 Å². The number of nitrogens with zero attached hydrogens (tertiary/aromatic N) is 3. The van der Waals surface area contributed by atoms with Crippen LogP contribution in [0.2, 0.25) is 0 Å². The average Bonchev–Trinajstić information content (AvgIpc) is 3.03. The first-order valence-corrected chi connectivity index (χ1v) is 8.13. The summed E-state index contributed by atoms with van der Waals surface area (Å²) in [4.78, 5) is 30.9. The van der Waals surface area contributed by atoms with Crippen LogP contribution in [0.4, 0.5) is 0 Å². The maximum Gasteiger partial charge on any atom is 0.267 e. The largest absolute Gasteiger partial charge is 0.335 e. The molecule has 0 radical (unpaired) electrons. The summed E-state index contributed by atoms with van der Waals surface area (Å²) >= 11 is 1.54. The fourth-order valence-corrected chi connectivity index (χ4v) is 3.40. The highest BCUT2D eigenvalue weighted by molar-refractivity contribution is 7.99. The van der Waals surface area contributed by atoms with Gasteiger partial charge in [-0.05, 0) is 12.5 Å². The molecule has 0 saturated heterocycles. The predicted octanol–water partition coefficient (Wildman–Crippen LogP) is 2.18. The summed E-state index contributed by atoms with van der Waals surface area (Å²) in [5, 5.41) is 0.695. The molecule has 1 aromatic carbocycles. The Labute approximate surface area is 133 Å². The molecule has 0 bridgehead atoms. The summed E-state index contributed by atoms with van der Waals surface area (Å²) in [5.41, 5.74) is 0.923. The van der Waals surface area contributed by atoms with Crippen LogP contribution in [0.3, 0.4) is 0 Å². The van der Waals surface area contributed by atoms with Crippen LogP contribution in [0.5, 0.6) is 0 Å². The first-order chi connectivity index (χ1) is 10.6.